The van der Waals surface area contributed by atoms with Crippen molar-refractivity contribution in [2.75, 3.05) is 26.8 Å². The first kappa shape index (κ1) is 15.4. The highest BCUT2D eigenvalue weighted by molar-refractivity contribution is 7.89. The number of ether oxygens (including phenoxy) is 1. The molecule has 0 saturated carbocycles. The number of methoxy groups -OCH3 is 1. The van der Waals surface area contributed by atoms with Gasteiger partial charge in [0.1, 0.15) is 0 Å². The molecule has 1 heterocycles. The third kappa shape index (κ3) is 4.28. The highest BCUT2D eigenvalue weighted by Gasteiger charge is 2.19. The van der Waals surface area contributed by atoms with Gasteiger partial charge in [0.2, 0.25) is 10.0 Å². The van der Waals surface area contributed by atoms with Crippen LogP contribution in [0.4, 0.5) is 0 Å². The van der Waals surface area contributed by atoms with E-state index in [9.17, 15) is 8.42 Å². The first-order valence-corrected chi connectivity index (χ1v) is 8.41. The summed E-state index contributed by atoms with van der Waals surface area (Å²) in [4.78, 5) is 0.316. The highest BCUT2D eigenvalue weighted by Crippen LogP contribution is 2.12. The second-order valence-electron chi connectivity index (χ2n) is 5.03. The van der Waals surface area contributed by atoms with Gasteiger partial charge in [-0.25, -0.2) is 13.1 Å². The molecule has 0 aliphatic carbocycles. The summed E-state index contributed by atoms with van der Waals surface area (Å²) in [5.41, 5.74) is 1.07. The molecule has 1 aromatic carbocycles. The Morgan fingerprint density at radius 2 is 2.10 bits per heavy atom. The SMILES string of the molecule is COCCc1ccc(S(=O)(=O)NCC2CCCN2)cc1. The summed E-state index contributed by atoms with van der Waals surface area (Å²) < 4.78 is 32.0. The summed E-state index contributed by atoms with van der Waals surface area (Å²) in [5, 5.41) is 3.27. The van der Waals surface area contributed by atoms with Crippen LogP contribution < -0.4 is 10.0 Å². The molecular weight excluding hydrogens is 276 g/mol. The Morgan fingerprint density at radius 3 is 2.70 bits per heavy atom. The fraction of sp³-hybridized carbons (Fsp3) is 0.571. The van der Waals surface area contributed by atoms with E-state index in [2.05, 4.69) is 10.0 Å². The minimum absolute atomic E-state index is 0.255. The molecule has 2 rings (SSSR count). The van der Waals surface area contributed by atoms with Crippen LogP contribution in [0.5, 0.6) is 0 Å². The van der Waals surface area contributed by atoms with Crippen LogP contribution in [-0.4, -0.2) is 41.3 Å². The van der Waals surface area contributed by atoms with E-state index in [1.54, 1.807) is 19.2 Å². The lowest BCUT2D eigenvalue weighted by Crippen LogP contribution is -2.37. The molecule has 1 saturated heterocycles. The van der Waals surface area contributed by atoms with Crippen LogP contribution >= 0.6 is 0 Å². The van der Waals surface area contributed by atoms with Crippen molar-refractivity contribution in [2.24, 2.45) is 0 Å². The van der Waals surface area contributed by atoms with Crippen LogP contribution in [0.15, 0.2) is 29.2 Å². The van der Waals surface area contributed by atoms with Crippen molar-refractivity contribution in [3.63, 3.8) is 0 Å². The maximum absolute atomic E-state index is 12.2. The molecule has 1 aromatic rings. The maximum Gasteiger partial charge on any atom is 0.240 e. The van der Waals surface area contributed by atoms with Gasteiger partial charge in [0.25, 0.3) is 0 Å². The molecule has 1 unspecified atom stereocenters. The zero-order valence-corrected chi connectivity index (χ0v) is 12.6. The van der Waals surface area contributed by atoms with Gasteiger partial charge in [-0.1, -0.05) is 12.1 Å². The highest BCUT2D eigenvalue weighted by atomic mass is 32.2. The average molecular weight is 298 g/mol. The summed E-state index contributed by atoms with van der Waals surface area (Å²) in [6.07, 6.45) is 2.93. The minimum Gasteiger partial charge on any atom is -0.384 e. The van der Waals surface area contributed by atoms with E-state index in [-0.39, 0.29) is 6.04 Å². The van der Waals surface area contributed by atoms with Gasteiger partial charge in [-0.3, -0.25) is 0 Å². The second-order valence-corrected chi connectivity index (χ2v) is 6.80. The fourth-order valence-corrected chi connectivity index (χ4v) is 3.36. The third-order valence-electron chi connectivity index (χ3n) is 3.51. The zero-order chi connectivity index (χ0) is 14.4. The molecule has 1 aliphatic rings. The van der Waals surface area contributed by atoms with E-state index >= 15 is 0 Å². The molecule has 5 nitrogen and oxygen atoms in total. The molecule has 1 fully saturated rings. The van der Waals surface area contributed by atoms with Crippen LogP contribution in [-0.2, 0) is 21.2 Å². The molecular formula is C14H22N2O3S. The first-order chi connectivity index (χ1) is 9.62. The van der Waals surface area contributed by atoms with Crippen LogP contribution in [0, 0.1) is 0 Å². The Labute approximate surface area is 120 Å². The van der Waals surface area contributed by atoms with Gasteiger partial charge in [0.15, 0.2) is 0 Å². The number of benzene rings is 1. The molecule has 1 aliphatic heterocycles. The number of rotatable bonds is 7. The quantitative estimate of drug-likeness (QED) is 0.785. The van der Waals surface area contributed by atoms with Crippen LogP contribution in [0.3, 0.4) is 0 Å². The average Bonchev–Trinajstić information content (AvgIpc) is 2.97. The summed E-state index contributed by atoms with van der Waals surface area (Å²) in [6, 6.07) is 7.22. The van der Waals surface area contributed by atoms with E-state index in [0.717, 1.165) is 31.4 Å². The molecule has 1 atom stereocenters. The molecule has 6 heteroatoms. The van der Waals surface area contributed by atoms with Gasteiger partial charge in [0, 0.05) is 19.7 Å². The van der Waals surface area contributed by atoms with Gasteiger partial charge < -0.3 is 10.1 Å². The lowest BCUT2D eigenvalue weighted by molar-refractivity contribution is 0.202. The van der Waals surface area contributed by atoms with Crippen molar-refractivity contribution in [3.8, 4) is 0 Å². The number of nitrogens with one attached hydrogen (secondary N) is 2. The zero-order valence-electron chi connectivity index (χ0n) is 11.8. The van der Waals surface area contributed by atoms with E-state index < -0.39 is 10.0 Å². The van der Waals surface area contributed by atoms with Crippen LogP contribution in [0.1, 0.15) is 18.4 Å². The van der Waals surface area contributed by atoms with Crippen molar-refractivity contribution in [1.82, 2.24) is 10.0 Å². The van der Waals surface area contributed by atoms with Gasteiger partial charge in [0.05, 0.1) is 11.5 Å². The number of hydrogen-bond acceptors (Lipinski definition) is 4. The van der Waals surface area contributed by atoms with Crippen LogP contribution in [0.2, 0.25) is 0 Å². The number of sulfonamides is 1. The van der Waals surface area contributed by atoms with Gasteiger partial charge in [-0.05, 0) is 43.5 Å². The predicted molar refractivity (Wildman–Crippen MR) is 78.2 cm³/mol. The molecule has 0 amide bonds. The predicted octanol–water partition coefficient (Wildman–Crippen LogP) is 0.906. The normalized spacial score (nSPS) is 19.4. The van der Waals surface area contributed by atoms with E-state index in [1.807, 2.05) is 12.1 Å². The summed E-state index contributed by atoms with van der Waals surface area (Å²) >= 11 is 0. The summed E-state index contributed by atoms with van der Waals surface area (Å²) in [5.74, 6) is 0. The molecule has 0 aromatic heterocycles. The van der Waals surface area contributed by atoms with Crippen molar-refractivity contribution >= 4 is 10.0 Å². The summed E-state index contributed by atoms with van der Waals surface area (Å²) in [7, 11) is -1.75. The van der Waals surface area contributed by atoms with Gasteiger partial charge in [-0.2, -0.15) is 0 Å². The van der Waals surface area contributed by atoms with E-state index in [0.29, 0.717) is 18.0 Å². The fourth-order valence-electron chi connectivity index (χ4n) is 2.28. The largest absolute Gasteiger partial charge is 0.384 e. The topological polar surface area (TPSA) is 67.4 Å². The van der Waals surface area contributed by atoms with Crippen molar-refractivity contribution < 1.29 is 13.2 Å². The smallest absolute Gasteiger partial charge is 0.240 e. The molecule has 0 bridgehead atoms. The van der Waals surface area contributed by atoms with Crippen LogP contribution in [0.25, 0.3) is 0 Å². The maximum atomic E-state index is 12.2. The lowest BCUT2D eigenvalue weighted by atomic mass is 10.2. The van der Waals surface area contributed by atoms with Gasteiger partial charge in [-0.15, -0.1) is 0 Å². The Morgan fingerprint density at radius 1 is 1.35 bits per heavy atom. The van der Waals surface area contributed by atoms with E-state index in [4.69, 9.17) is 4.74 Å². The Kier molecular flexibility index (Phi) is 5.54. The van der Waals surface area contributed by atoms with Gasteiger partial charge >= 0.3 is 0 Å². The molecule has 2 N–H and O–H groups in total. The Hall–Kier alpha value is -0.950. The third-order valence-corrected chi connectivity index (χ3v) is 4.95. The molecule has 0 radical (unpaired) electrons. The lowest BCUT2D eigenvalue weighted by Gasteiger charge is -2.12. The summed E-state index contributed by atoms with van der Waals surface area (Å²) in [6.45, 7) is 2.06. The molecule has 112 valence electrons. The molecule has 0 spiro atoms. The Bertz CT molecular complexity index is 508. The monoisotopic (exact) mass is 298 g/mol. The van der Waals surface area contributed by atoms with Crippen molar-refractivity contribution in [1.29, 1.82) is 0 Å². The first-order valence-electron chi connectivity index (χ1n) is 6.93. The Balaban J connectivity index is 1.94. The van der Waals surface area contributed by atoms with Crippen molar-refractivity contribution in [2.45, 2.75) is 30.2 Å². The van der Waals surface area contributed by atoms with E-state index in [1.165, 1.54) is 0 Å². The molecule has 20 heavy (non-hydrogen) atoms. The van der Waals surface area contributed by atoms with Crippen molar-refractivity contribution in [3.05, 3.63) is 29.8 Å². The standard InChI is InChI=1S/C14H22N2O3S/c1-19-10-8-12-4-6-14(7-5-12)20(17,18)16-11-13-3-2-9-15-13/h4-7,13,15-16H,2-3,8-11H2,1H3. The minimum atomic E-state index is -3.41. The number of hydrogen-bond donors (Lipinski definition) is 2. The second kappa shape index (κ2) is 7.17.